The predicted octanol–water partition coefficient (Wildman–Crippen LogP) is 2.94. The third kappa shape index (κ3) is 3.68. The summed E-state index contributed by atoms with van der Waals surface area (Å²) in [7, 11) is 0. The van der Waals surface area contributed by atoms with Crippen LogP contribution in [-0.2, 0) is 16.1 Å². The molecule has 0 aliphatic carbocycles. The third-order valence-electron chi connectivity index (χ3n) is 4.27. The van der Waals surface area contributed by atoms with Crippen LogP contribution in [0.15, 0.2) is 42.5 Å². The number of nitrogens with one attached hydrogen (secondary N) is 1. The monoisotopic (exact) mass is 344 g/mol. The number of hydrogen-bond acceptors (Lipinski definition) is 2. The molecule has 6 heteroatoms. The Morgan fingerprint density at radius 2 is 2.04 bits per heavy atom. The second-order valence-corrected chi connectivity index (χ2v) is 6.13. The fraction of sp³-hybridized carbons (Fsp3) is 0.263. The number of rotatable bonds is 4. The smallest absolute Gasteiger partial charge is 0.239 e. The maximum atomic E-state index is 13.9. The molecular formula is C19H18F2N2O2. The highest BCUT2D eigenvalue weighted by Gasteiger charge is 2.38. The van der Waals surface area contributed by atoms with Gasteiger partial charge in [0.15, 0.2) is 0 Å². The van der Waals surface area contributed by atoms with Gasteiger partial charge in [-0.2, -0.15) is 0 Å². The fourth-order valence-corrected chi connectivity index (χ4v) is 3.00. The van der Waals surface area contributed by atoms with Crippen molar-refractivity contribution in [3.63, 3.8) is 0 Å². The number of aryl methyl sites for hydroxylation is 1. The number of benzene rings is 2. The van der Waals surface area contributed by atoms with Crippen LogP contribution in [0.2, 0.25) is 0 Å². The topological polar surface area (TPSA) is 49.4 Å². The molecule has 0 unspecified atom stereocenters. The lowest BCUT2D eigenvalue weighted by Crippen LogP contribution is -2.36. The third-order valence-corrected chi connectivity index (χ3v) is 4.27. The van der Waals surface area contributed by atoms with Gasteiger partial charge in [0.05, 0.1) is 5.69 Å². The van der Waals surface area contributed by atoms with Crippen LogP contribution in [-0.4, -0.2) is 18.4 Å². The number of halogens is 2. The van der Waals surface area contributed by atoms with Crippen molar-refractivity contribution in [1.29, 1.82) is 0 Å². The standard InChI is InChI=1S/C19H18F2N2O2/c1-12-3-2-4-13(9-12)11-22-18(24)15-7-8-23(19(15)25)17-6-5-14(20)10-16(17)21/h2-6,9-10,15H,7-8,11H2,1H3,(H,22,24)/t15-/m1/s1. The summed E-state index contributed by atoms with van der Waals surface area (Å²) in [6, 6.07) is 10.7. The molecule has 2 amide bonds. The molecule has 0 aromatic heterocycles. The lowest BCUT2D eigenvalue weighted by Gasteiger charge is -2.17. The van der Waals surface area contributed by atoms with Crippen molar-refractivity contribution in [3.8, 4) is 0 Å². The lowest BCUT2D eigenvalue weighted by atomic mass is 10.1. The Hall–Kier alpha value is -2.76. The Bertz CT molecular complexity index is 823. The summed E-state index contributed by atoms with van der Waals surface area (Å²) in [5.74, 6) is -3.22. The first-order valence-electron chi connectivity index (χ1n) is 8.05. The summed E-state index contributed by atoms with van der Waals surface area (Å²) in [6.45, 7) is 2.51. The fourth-order valence-electron chi connectivity index (χ4n) is 3.00. The van der Waals surface area contributed by atoms with Gasteiger partial charge in [0.1, 0.15) is 17.6 Å². The highest BCUT2D eigenvalue weighted by atomic mass is 19.1. The predicted molar refractivity (Wildman–Crippen MR) is 89.8 cm³/mol. The van der Waals surface area contributed by atoms with Gasteiger partial charge in [-0.25, -0.2) is 8.78 Å². The molecule has 0 radical (unpaired) electrons. The molecular weight excluding hydrogens is 326 g/mol. The molecule has 1 fully saturated rings. The molecule has 0 saturated carbocycles. The quantitative estimate of drug-likeness (QED) is 0.867. The highest BCUT2D eigenvalue weighted by Crippen LogP contribution is 2.28. The molecule has 1 aliphatic rings. The van der Waals surface area contributed by atoms with Crippen LogP contribution in [0.3, 0.4) is 0 Å². The van der Waals surface area contributed by atoms with Crippen molar-refractivity contribution in [2.45, 2.75) is 19.9 Å². The van der Waals surface area contributed by atoms with Crippen LogP contribution in [0.1, 0.15) is 17.5 Å². The molecule has 2 aromatic carbocycles. The van der Waals surface area contributed by atoms with Crippen LogP contribution >= 0.6 is 0 Å². The van der Waals surface area contributed by atoms with E-state index in [0.717, 1.165) is 23.3 Å². The number of carbonyl (C=O) groups is 2. The van der Waals surface area contributed by atoms with E-state index in [9.17, 15) is 18.4 Å². The zero-order valence-corrected chi connectivity index (χ0v) is 13.8. The maximum absolute atomic E-state index is 13.9. The second kappa shape index (κ2) is 7.01. The van der Waals surface area contributed by atoms with Gasteiger partial charge in [-0.05, 0) is 31.0 Å². The minimum atomic E-state index is -0.853. The average molecular weight is 344 g/mol. The van der Waals surface area contributed by atoms with Crippen LogP contribution in [0, 0.1) is 24.5 Å². The van der Waals surface area contributed by atoms with Crippen LogP contribution in [0.25, 0.3) is 0 Å². The molecule has 0 bridgehead atoms. The van der Waals surface area contributed by atoms with Crippen LogP contribution in [0.5, 0.6) is 0 Å². The minimum absolute atomic E-state index is 0.000356. The van der Waals surface area contributed by atoms with E-state index >= 15 is 0 Å². The zero-order chi connectivity index (χ0) is 18.0. The van der Waals surface area contributed by atoms with E-state index in [1.165, 1.54) is 11.0 Å². The highest BCUT2D eigenvalue weighted by molar-refractivity contribution is 6.09. The largest absolute Gasteiger partial charge is 0.351 e. The number of amides is 2. The molecule has 1 N–H and O–H groups in total. The molecule has 130 valence electrons. The minimum Gasteiger partial charge on any atom is -0.351 e. The van der Waals surface area contributed by atoms with Gasteiger partial charge in [0.2, 0.25) is 11.8 Å². The number of nitrogens with zero attached hydrogens (tertiary/aromatic N) is 1. The molecule has 0 spiro atoms. The van der Waals surface area contributed by atoms with Gasteiger partial charge < -0.3 is 10.2 Å². The Kier molecular flexibility index (Phi) is 4.79. The zero-order valence-electron chi connectivity index (χ0n) is 13.8. The Morgan fingerprint density at radius 3 is 2.76 bits per heavy atom. The van der Waals surface area contributed by atoms with Crippen molar-refractivity contribution in [3.05, 3.63) is 65.2 Å². The first-order valence-corrected chi connectivity index (χ1v) is 8.05. The maximum Gasteiger partial charge on any atom is 0.239 e. The van der Waals surface area contributed by atoms with Crippen molar-refractivity contribution in [2.75, 3.05) is 11.4 Å². The summed E-state index contributed by atoms with van der Waals surface area (Å²) in [6.07, 6.45) is 0.301. The molecule has 1 atom stereocenters. The Balaban J connectivity index is 1.66. The summed E-state index contributed by atoms with van der Waals surface area (Å²) in [5.41, 5.74) is 2.03. The summed E-state index contributed by atoms with van der Waals surface area (Å²) >= 11 is 0. The normalized spacial score (nSPS) is 17.0. The molecule has 1 saturated heterocycles. The van der Waals surface area contributed by atoms with Gasteiger partial charge in [-0.15, -0.1) is 0 Å². The van der Waals surface area contributed by atoms with Crippen LogP contribution in [0.4, 0.5) is 14.5 Å². The van der Waals surface area contributed by atoms with E-state index in [-0.39, 0.29) is 18.1 Å². The van der Waals surface area contributed by atoms with Crippen molar-refractivity contribution < 1.29 is 18.4 Å². The summed E-state index contributed by atoms with van der Waals surface area (Å²) in [4.78, 5) is 26.0. The molecule has 3 rings (SSSR count). The van der Waals surface area contributed by atoms with Crippen molar-refractivity contribution in [1.82, 2.24) is 5.32 Å². The summed E-state index contributed by atoms with van der Waals surface area (Å²) < 4.78 is 26.9. The molecule has 25 heavy (non-hydrogen) atoms. The average Bonchev–Trinajstić information content (AvgIpc) is 2.94. The molecule has 1 aliphatic heterocycles. The first-order chi connectivity index (χ1) is 12.0. The molecule has 1 heterocycles. The van der Waals surface area contributed by atoms with E-state index < -0.39 is 23.5 Å². The van der Waals surface area contributed by atoms with E-state index in [1.54, 1.807) is 0 Å². The van der Waals surface area contributed by atoms with Gasteiger partial charge in [0, 0.05) is 19.2 Å². The first kappa shape index (κ1) is 17.1. The summed E-state index contributed by atoms with van der Waals surface area (Å²) in [5, 5.41) is 2.75. The lowest BCUT2D eigenvalue weighted by molar-refractivity contribution is -0.132. The number of anilines is 1. The van der Waals surface area contributed by atoms with Gasteiger partial charge in [-0.1, -0.05) is 29.8 Å². The van der Waals surface area contributed by atoms with E-state index in [1.807, 2.05) is 31.2 Å². The Labute approximate surface area is 144 Å². The van der Waals surface area contributed by atoms with E-state index in [0.29, 0.717) is 13.0 Å². The SMILES string of the molecule is Cc1cccc(CNC(=O)[C@H]2CCN(c3ccc(F)cc3F)C2=O)c1. The second-order valence-electron chi connectivity index (χ2n) is 6.13. The Morgan fingerprint density at radius 1 is 1.24 bits per heavy atom. The molecule has 2 aromatic rings. The number of carbonyl (C=O) groups excluding carboxylic acids is 2. The number of hydrogen-bond donors (Lipinski definition) is 1. The van der Waals surface area contributed by atoms with E-state index in [2.05, 4.69) is 5.32 Å². The van der Waals surface area contributed by atoms with Crippen molar-refractivity contribution in [2.24, 2.45) is 5.92 Å². The molecule has 4 nitrogen and oxygen atoms in total. The van der Waals surface area contributed by atoms with Gasteiger partial charge >= 0.3 is 0 Å². The van der Waals surface area contributed by atoms with Crippen molar-refractivity contribution >= 4 is 17.5 Å². The van der Waals surface area contributed by atoms with Gasteiger partial charge in [0.25, 0.3) is 0 Å². The van der Waals surface area contributed by atoms with E-state index in [4.69, 9.17) is 0 Å². The van der Waals surface area contributed by atoms with Gasteiger partial charge in [-0.3, -0.25) is 9.59 Å². The van der Waals surface area contributed by atoms with Crippen LogP contribution < -0.4 is 10.2 Å².